The maximum Gasteiger partial charge on any atom is 0.470 e. The summed E-state index contributed by atoms with van der Waals surface area (Å²) in [7, 11) is -5.19. The van der Waals surface area contributed by atoms with Gasteiger partial charge in [-0.25, -0.2) is 22.4 Å². The van der Waals surface area contributed by atoms with Gasteiger partial charge in [0.1, 0.15) is 35.5 Å². The van der Waals surface area contributed by atoms with Crippen LogP contribution in [0.2, 0.25) is 10.0 Å². The number of ether oxygens (including phenoxy) is 1. The number of hydrogen-bond acceptors (Lipinski definition) is 8. The monoisotopic (exact) mass is 601 g/mol. The third-order valence-electron chi connectivity index (χ3n) is 5.32. The Morgan fingerprint density at radius 2 is 1.81 bits per heavy atom. The van der Waals surface area contributed by atoms with Gasteiger partial charge in [-0.3, -0.25) is 4.52 Å². The number of rotatable bonds is 7. The third-order valence-corrected chi connectivity index (χ3v) is 7.72. The Morgan fingerprint density at radius 1 is 1.14 bits per heavy atom. The van der Waals surface area contributed by atoms with Crippen molar-refractivity contribution in [1.29, 1.82) is 0 Å². The number of nitrogens with zero attached hydrogens (tertiary/aromatic N) is 3. The van der Waals surface area contributed by atoms with Crippen LogP contribution in [0.3, 0.4) is 0 Å². The second-order valence-corrected chi connectivity index (χ2v) is 11.0. The lowest BCUT2D eigenvalue weighted by Crippen LogP contribution is -2.55. The summed E-state index contributed by atoms with van der Waals surface area (Å²) in [6.45, 7) is -0.700. The molecule has 5 atom stereocenters. The van der Waals surface area contributed by atoms with E-state index in [4.69, 9.17) is 32.5 Å². The smallest absolute Gasteiger partial charge is 0.394 e. The predicted molar refractivity (Wildman–Crippen MR) is 125 cm³/mol. The molecule has 0 radical (unpaired) electrons. The first kappa shape index (κ1) is 28.3. The first-order chi connectivity index (χ1) is 17.4. The Bertz CT molecular complexity index is 1330. The second kappa shape index (κ2) is 11.2. The van der Waals surface area contributed by atoms with Crippen LogP contribution in [0.5, 0.6) is 0 Å². The van der Waals surface area contributed by atoms with Crippen LogP contribution in [0.25, 0.3) is 11.3 Å². The van der Waals surface area contributed by atoms with Gasteiger partial charge < -0.3 is 24.7 Å². The summed E-state index contributed by atoms with van der Waals surface area (Å²) in [6.07, 6.45) is -3.40. The van der Waals surface area contributed by atoms with E-state index >= 15 is 0 Å². The molecule has 1 saturated heterocycles. The van der Waals surface area contributed by atoms with Crippen LogP contribution in [0, 0.1) is 17.5 Å². The molecule has 0 bridgehead atoms. The molecule has 3 aromatic rings. The average molecular weight is 602 g/mol. The standard InChI is InChI=1S/C20H17Cl2F3N3O7PS/c21-10-2-1-9(5-11(10)22)37-20-19(35-36(31,32)33)17(18(30)15(7-29)34-20)28-6-14(26-27-28)8-3-12(23)16(25)13(24)4-8/h1-6,15,17-20,29-30H,7H2,(H2,31,32,33)/t15-,17+,18+,19-,20-/m1/s1. The zero-order chi connectivity index (χ0) is 27.1. The van der Waals surface area contributed by atoms with E-state index in [-0.39, 0.29) is 21.3 Å². The summed E-state index contributed by atoms with van der Waals surface area (Å²) in [6, 6.07) is 4.43. The Balaban J connectivity index is 1.74. The van der Waals surface area contributed by atoms with E-state index in [1.165, 1.54) is 12.1 Å². The minimum absolute atomic E-state index is 0.152. The van der Waals surface area contributed by atoms with Gasteiger partial charge in [0.05, 0.1) is 22.8 Å². The molecule has 37 heavy (non-hydrogen) atoms. The number of aliphatic hydroxyl groups is 2. The van der Waals surface area contributed by atoms with E-state index in [1.807, 2.05) is 0 Å². The van der Waals surface area contributed by atoms with Crippen LogP contribution in [-0.4, -0.2) is 65.3 Å². The summed E-state index contributed by atoms with van der Waals surface area (Å²) in [5.41, 5.74) is -1.60. The predicted octanol–water partition coefficient (Wildman–Crippen LogP) is 3.56. The van der Waals surface area contributed by atoms with Gasteiger partial charge in [0.15, 0.2) is 17.5 Å². The van der Waals surface area contributed by atoms with E-state index in [0.717, 1.165) is 22.6 Å². The molecule has 4 N–H and O–H groups in total. The van der Waals surface area contributed by atoms with Crippen molar-refractivity contribution in [2.75, 3.05) is 6.61 Å². The molecule has 1 aromatic heterocycles. The number of thioether (sulfide) groups is 1. The van der Waals surface area contributed by atoms with Gasteiger partial charge in [-0.15, -0.1) is 5.10 Å². The Hall–Kier alpha value is -1.71. The van der Waals surface area contributed by atoms with Crippen LogP contribution < -0.4 is 0 Å². The number of phosphoric ester groups is 1. The molecule has 0 unspecified atom stereocenters. The maximum atomic E-state index is 13.7. The van der Waals surface area contributed by atoms with Crippen molar-refractivity contribution in [2.45, 2.75) is 34.7 Å². The first-order valence-corrected chi connectivity index (χ1v) is 13.4. The van der Waals surface area contributed by atoms with E-state index in [1.54, 1.807) is 6.07 Å². The lowest BCUT2D eigenvalue weighted by molar-refractivity contribution is -0.175. The molecule has 0 amide bonds. The molecule has 4 rings (SSSR count). The van der Waals surface area contributed by atoms with Crippen molar-refractivity contribution in [3.05, 3.63) is 64.0 Å². The van der Waals surface area contributed by atoms with Gasteiger partial charge in [0.2, 0.25) is 0 Å². The number of phosphoric acid groups is 1. The fraction of sp³-hybridized carbons (Fsp3) is 0.300. The molecule has 2 heterocycles. The van der Waals surface area contributed by atoms with Crippen LogP contribution in [-0.2, 0) is 13.8 Å². The first-order valence-electron chi connectivity index (χ1n) is 10.2. The minimum Gasteiger partial charge on any atom is -0.394 e. The molecule has 0 aliphatic carbocycles. The highest BCUT2D eigenvalue weighted by Gasteiger charge is 2.50. The Labute approximate surface area is 221 Å². The van der Waals surface area contributed by atoms with E-state index in [2.05, 4.69) is 10.3 Å². The number of aromatic nitrogens is 3. The fourth-order valence-corrected chi connectivity index (χ4v) is 5.82. The average Bonchev–Trinajstić information content (AvgIpc) is 3.30. The van der Waals surface area contributed by atoms with Crippen molar-refractivity contribution < 1.29 is 47.0 Å². The molecule has 10 nitrogen and oxygen atoms in total. The summed E-state index contributed by atoms with van der Waals surface area (Å²) >= 11 is 12.9. The van der Waals surface area contributed by atoms with Crippen LogP contribution in [0.4, 0.5) is 13.2 Å². The highest BCUT2D eigenvalue weighted by Crippen LogP contribution is 2.48. The largest absolute Gasteiger partial charge is 0.470 e. The normalized spacial score (nSPS) is 24.4. The lowest BCUT2D eigenvalue weighted by Gasteiger charge is -2.43. The maximum absolute atomic E-state index is 13.7. The molecule has 17 heteroatoms. The molecular formula is C20H17Cl2F3N3O7PS. The van der Waals surface area contributed by atoms with E-state index in [0.29, 0.717) is 17.0 Å². The van der Waals surface area contributed by atoms with Gasteiger partial charge in [-0.2, -0.15) is 0 Å². The van der Waals surface area contributed by atoms with Crippen molar-refractivity contribution >= 4 is 42.8 Å². The molecule has 1 aliphatic rings. The Kier molecular flexibility index (Phi) is 8.56. The number of aliphatic hydroxyl groups excluding tert-OH is 2. The fourth-order valence-electron chi connectivity index (χ4n) is 3.67. The summed E-state index contributed by atoms with van der Waals surface area (Å²) in [5, 5.41) is 28.7. The van der Waals surface area contributed by atoms with Crippen molar-refractivity contribution in [3.8, 4) is 11.3 Å². The van der Waals surface area contributed by atoms with Crippen molar-refractivity contribution in [3.63, 3.8) is 0 Å². The van der Waals surface area contributed by atoms with Gasteiger partial charge in [0.25, 0.3) is 0 Å². The summed E-state index contributed by atoms with van der Waals surface area (Å²) in [5.74, 6) is -4.63. The molecule has 2 aromatic carbocycles. The van der Waals surface area contributed by atoms with Crippen LogP contribution in [0.15, 0.2) is 41.4 Å². The van der Waals surface area contributed by atoms with Gasteiger partial charge in [0, 0.05) is 10.5 Å². The quantitative estimate of drug-likeness (QED) is 0.234. The van der Waals surface area contributed by atoms with Gasteiger partial charge in [-0.1, -0.05) is 40.2 Å². The van der Waals surface area contributed by atoms with Crippen molar-refractivity contribution in [1.82, 2.24) is 15.0 Å². The van der Waals surface area contributed by atoms with Crippen LogP contribution in [0.1, 0.15) is 6.04 Å². The SMILES string of the molecule is O=P(O)(O)O[C@@H]1[C@@H](n2cc(-c3cc(F)c(F)c(F)c3)nn2)[C@@H](O)[C@@H](CO)O[C@@H]1Sc1ccc(Cl)c(Cl)c1. The molecule has 0 saturated carbocycles. The molecular weight excluding hydrogens is 585 g/mol. The molecule has 1 aliphatic heterocycles. The zero-order valence-electron chi connectivity index (χ0n) is 18.2. The summed E-state index contributed by atoms with van der Waals surface area (Å²) in [4.78, 5) is 19.6. The van der Waals surface area contributed by atoms with Gasteiger partial charge >= 0.3 is 7.82 Å². The van der Waals surface area contributed by atoms with E-state index < -0.39 is 61.7 Å². The minimum atomic E-state index is -5.19. The third kappa shape index (κ3) is 6.31. The second-order valence-electron chi connectivity index (χ2n) is 7.80. The highest BCUT2D eigenvalue weighted by molar-refractivity contribution is 7.99. The molecule has 0 spiro atoms. The van der Waals surface area contributed by atoms with Crippen LogP contribution >= 0.6 is 42.8 Å². The zero-order valence-corrected chi connectivity index (χ0v) is 21.4. The van der Waals surface area contributed by atoms with E-state index in [9.17, 15) is 37.7 Å². The lowest BCUT2D eigenvalue weighted by atomic mass is 9.97. The number of benzene rings is 2. The number of halogens is 5. The van der Waals surface area contributed by atoms with Crippen molar-refractivity contribution in [2.24, 2.45) is 0 Å². The molecule has 200 valence electrons. The molecule has 1 fully saturated rings. The summed E-state index contributed by atoms with van der Waals surface area (Å²) < 4.78 is 64.3. The Morgan fingerprint density at radius 3 is 2.41 bits per heavy atom. The highest BCUT2D eigenvalue weighted by atomic mass is 35.5. The topological polar surface area (TPSA) is 147 Å². The number of hydrogen-bond donors (Lipinski definition) is 4. The van der Waals surface area contributed by atoms with Gasteiger partial charge in [-0.05, 0) is 30.3 Å².